The number of para-hydroxylation sites is 2. The Morgan fingerprint density at radius 3 is 1.98 bits per heavy atom. The highest BCUT2D eigenvalue weighted by Gasteiger charge is 2.42. The van der Waals surface area contributed by atoms with Gasteiger partial charge in [0.15, 0.2) is 5.58 Å². The zero-order valence-electron chi connectivity index (χ0n) is 27.6. The Balaban J connectivity index is 1.08. The van der Waals surface area contributed by atoms with Crippen molar-refractivity contribution in [2.24, 2.45) is 0 Å². The van der Waals surface area contributed by atoms with E-state index in [1.54, 1.807) is 0 Å². The molecule has 0 fully saturated rings. The lowest BCUT2D eigenvalue weighted by Gasteiger charge is -2.24. The first-order valence-corrected chi connectivity index (χ1v) is 16.9. The molecule has 2 heteroatoms. The smallest absolute Gasteiger partial charge is 0.158 e. The average Bonchev–Trinajstić information content (AvgIpc) is 3.68. The van der Waals surface area contributed by atoms with E-state index in [9.17, 15) is 0 Å². The first-order valence-electron chi connectivity index (χ1n) is 16.9. The molecule has 0 unspecified atom stereocenters. The van der Waals surface area contributed by atoms with Crippen LogP contribution in [0.15, 0.2) is 138 Å². The molecule has 0 spiro atoms. The van der Waals surface area contributed by atoms with Gasteiger partial charge in [0.2, 0.25) is 0 Å². The third kappa shape index (κ3) is 3.63. The summed E-state index contributed by atoms with van der Waals surface area (Å²) in [6.07, 6.45) is 0. The van der Waals surface area contributed by atoms with Crippen molar-refractivity contribution in [3.63, 3.8) is 0 Å². The van der Waals surface area contributed by atoms with Gasteiger partial charge in [-0.25, -0.2) is 0 Å². The number of furan rings is 1. The molecule has 0 atom stereocenters. The van der Waals surface area contributed by atoms with E-state index < -0.39 is 0 Å². The van der Waals surface area contributed by atoms with Gasteiger partial charge in [0.25, 0.3) is 0 Å². The van der Waals surface area contributed by atoms with Gasteiger partial charge < -0.3 is 9.73 Å². The molecule has 230 valence electrons. The van der Waals surface area contributed by atoms with E-state index in [2.05, 4.69) is 166 Å². The molecule has 0 aliphatic heterocycles. The molecular weight excluding hydrogens is 583 g/mol. The number of hydrogen-bond acceptors (Lipinski definition) is 2. The van der Waals surface area contributed by atoms with Crippen LogP contribution in [0.4, 0.5) is 11.4 Å². The highest BCUT2D eigenvalue weighted by atomic mass is 16.3. The SMILES string of the molecule is CC1(C)c2cc(Nc3cccc4c3oc3c(-c5ccccc5)cccc34)ccc2-c2cc3c(cc21)-c1c(ccc2ccccc12)C3(C)C. The summed E-state index contributed by atoms with van der Waals surface area (Å²) in [6, 6.07) is 48.7. The van der Waals surface area contributed by atoms with Crippen LogP contribution in [0.2, 0.25) is 0 Å². The molecule has 10 rings (SSSR count). The van der Waals surface area contributed by atoms with E-state index in [0.29, 0.717) is 0 Å². The summed E-state index contributed by atoms with van der Waals surface area (Å²) in [6.45, 7) is 9.52. The minimum Gasteiger partial charge on any atom is -0.453 e. The number of nitrogens with one attached hydrogen (secondary N) is 1. The Morgan fingerprint density at radius 2 is 1.12 bits per heavy atom. The number of anilines is 2. The standard InChI is InChI=1S/C46H35NO/c1-45(2)37-23-20-28-14-8-9-15-30(28)42(37)36-26-39-35(25-40(36)45)32-22-21-29(24-38(32)46(39,3)4)47-41-19-11-18-34-33-17-10-16-31(43(33)48-44(34)41)27-12-6-5-7-13-27/h5-26,47H,1-4H3. The lowest BCUT2D eigenvalue weighted by atomic mass is 9.79. The highest BCUT2D eigenvalue weighted by molar-refractivity contribution is 6.13. The fourth-order valence-electron chi connectivity index (χ4n) is 8.73. The van der Waals surface area contributed by atoms with Gasteiger partial charge >= 0.3 is 0 Å². The van der Waals surface area contributed by atoms with E-state index in [4.69, 9.17) is 4.42 Å². The van der Waals surface area contributed by atoms with Crippen molar-refractivity contribution in [3.05, 3.63) is 156 Å². The van der Waals surface area contributed by atoms with Crippen molar-refractivity contribution >= 4 is 44.1 Å². The second-order valence-electron chi connectivity index (χ2n) is 14.6. The monoisotopic (exact) mass is 617 g/mol. The lowest BCUT2D eigenvalue weighted by molar-refractivity contribution is 0.652. The Morgan fingerprint density at radius 1 is 0.458 bits per heavy atom. The van der Waals surface area contributed by atoms with Gasteiger partial charge in [-0.05, 0) is 91.2 Å². The third-order valence-corrected chi connectivity index (χ3v) is 11.2. The predicted octanol–water partition coefficient (Wildman–Crippen LogP) is 12.8. The first-order chi connectivity index (χ1) is 23.3. The van der Waals surface area contributed by atoms with Crippen molar-refractivity contribution in [2.75, 3.05) is 5.32 Å². The molecule has 0 saturated heterocycles. The van der Waals surface area contributed by atoms with Crippen LogP contribution in [0.5, 0.6) is 0 Å². The third-order valence-electron chi connectivity index (χ3n) is 11.2. The number of benzene rings is 7. The van der Waals surface area contributed by atoms with Crippen LogP contribution in [0, 0.1) is 0 Å². The van der Waals surface area contributed by atoms with E-state index in [0.717, 1.165) is 44.4 Å². The van der Waals surface area contributed by atoms with Gasteiger partial charge in [0, 0.05) is 32.9 Å². The summed E-state index contributed by atoms with van der Waals surface area (Å²) in [5.41, 5.74) is 17.0. The first kappa shape index (κ1) is 27.5. The van der Waals surface area contributed by atoms with Crippen molar-refractivity contribution < 1.29 is 4.42 Å². The molecule has 1 aromatic heterocycles. The van der Waals surface area contributed by atoms with Crippen molar-refractivity contribution in [3.8, 4) is 33.4 Å². The Hall–Kier alpha value is -5.60. The van der Waals surface area contributed by atoms with Crippen LogP contribution in [-0.4, -0.2) is 0 Å². The maximum atomic E-state index is 6.69. The van der Waals surface area contributed by atoms with Crippen LogP contribution >= 0.6 is 0 Å². The molecular formula is C46H35NO. The zero-order chi connectivity index (χ0) is 32.4. The Kier molecular flexibility index (Phi) is 5.44. The minimum absolute atomic E-state index is 0.0657. The number of fused-ring (bicyclic) bond motifs is 11. The zero-order valence-corrected chi connectivity index (χ0v) is 27.6. The van der Waals surface area contributed by atoms with Crippen LogP contribution in [0.1, 0.15) is 49.9 Å². The summed E-state index contributed by atoms with van der Waals surface area (Å²) in [5.74, 6) is 0. The molecule has 7 aromatic carbocycles. The van der Waals surface area contributed by atoms with E-state index in [1.165, 1.54) is 55.3 Å². The molecule has 0 radical (unpaired) electrons. The van der Waals surface area contributed by atoms with Crippen molar-refractivity contribution in [1.29, 1.82) is 0 Å². The van der Waals surface area contributed by atoms with Crippen LogP contribution in [0.25, 0.3) is 66.1 Å². The quantitative estimate of drug-likeness (QED) is 0.213. The number of rotatable bonds is 3. The van der Waals surface area contributed by atoms with E-state index >= 15 is 0 Å². The summed E-state index contributed by atoms with van der Waals surface area (Å²) in [4.78, 5) is 0. The van der Waals surface area contributed by atoms with Crippen LogP contribution in [-0.2, 0) is 10.8 Å². The molecule has 0 saturated carbocycles. The molecule has 0 amide bonds. The molecule has 2 nitrogen and oxygen atoms in total. The predicted molar refractivity (Wildman–Crippen MR) is 202 cm³/mol. The molecule has 8 aromatic rings. The summed E-state index contributed by atoms with van der Waals surface area (Å²) in [5, 5.41) is 8.65. The van der Waals surface area contributed by atoms with Gasteiger partial charge in [-0.1, -0.05) is 131 Å². The minimum atomic E-state index is -0.148. The van der Waals surface area contributed by atoms with Gasteiger partial charge in [-0.2, -0.15) is 0 Å². The molecule has 0 bridgehead atoms. The normalized spacial score (nSPS) is 15.0. The molecule has 2 aliphatic carbocycles. The highest BCUT2D eigenvalue weighted by Crippen LogP contribution is 2.57. The second-order valence-corrected chi connectivity index (χ2v) is 14.6. The van der Waals surface area contributed by atoms with Gasteiger partial charge in [-0.15, -0.1) is 0 Å². The maximum Gasteiger partial charge on any atom is 0.158 e. The van der Waals surface area contributed by atoms with Gasteiger partial charge in [-0.3, -0.25) is 0 Å². The maximum absolute atomic E-state index is 6.69. The van der Waals surface area contributed by atoms with Crippen molar-refractivity contribution in [1.82, 2.24) is 0 Å². The van der Waals surface area contributed by atoms with Crippen LogP contribution < -0.4 is 5.32 Å². The fraction of sp³-hybridized carbons (Fsp3) is 0.130. The van der Waals surface area contributed by atoms with E-state index in [-0.39, 0.29) is 10.8 Å². The topological polar surface area (TPSA) is 25.2 Å². The Labute approximate surface area is 280 Å². The molecule has 48 heavy (non-hydrogen) atoms. The Bertz CT molecular complexity index is 2640. The molecule has 1 N–H and O–H groups in total. The summed E-state index contributed by atoms with van der Waals surface area (Å²) >= 11 is 0. The summed E-state index contributed by atoms with van der Waals surface area (Å²) < 4.78 is 6.69. The number of hydrogen-bond donors (Lipinski definition) is 1. The second kappa shape index (κ2) is 9.49. The summed E-state index contributed by atoms with van der Waals surface area (Å²) in [7, 11) is 0. The van der Waals surface area contributed by atoms with Gasteiger partial charge in [0.05, 0.1) is 5.69 Å². The van der Waals surface area contributed by atoms with Crippen molar-refractivity contribution in [2.45, 2.75) is 38.5 Å². The largest absolute Gasteiger partial charge is 0.453 e. The molecule has 2 aliphatic rings. The fourth-order valence-corrected chi connectivity index (χ4v) is 8.73. The molecule has 1 heterocycles. The van der Waals surface area contributed by atoms with Gasteiger partial charge in [0.1, 0.15) is 5.58 Å². The van der Waals surface area contributed by atoms with Crippen LogP contribution in [0.3, 0.4) is 0 Å². The average molecular weight is 618 g/mol. The lowest BCUT2D eigenvalue weighted by Crippen LogP contribution is -2.17. The van der Waals surface area contributed by atoms with E-state index in [1.807, 2.05) is 0 Å².